The van der Waals surface area contributed by atoms with Crippen molar-refractivity contribution < 1.29 is 22.3 Å². The first-order chi connectivity index (χ1) is 10.4. The molecule has 0 saturated carbocycles. The molecular formula is C14H15F3IN3O2. The van der Waals surface area contributed by atoms with Gasteiger partial charge in [-0.3, -0.25) is 4.99 Å². The number of ether oxygens (including phenoxy) is 1. The summed E-state index contributed by atoms with van der Waals surface area (Å²) in [7, 11) is 0. The van der Waals surface area contributed by atoms with E-state index in [9.17, 15) is 13.2 Å². The Bertz CT molecular complexity index is 613. The van der Waals surface area contributed by atoms with Crippen LogP contribution < -0.4 is 15.8 Å². The maximum absolute atomic E-state index is 12.0. The van der Waals surface area contributed by atoms with Crippen LogP contribution in [0.4, 0.5) is 18.9 Å². The van der Waals surface area contributed by atoms with E-state index in [1.165, 1.54) is 24.3 Å². The van der Waals surface area contributed by atoms with Gasteiger partial charge in [-0.2, -0.15) is 0 Å². The Hall–Kier alpha value is -1.91. The van der Waals surface area contributed by atoms with Crippen molar-refractivity contribution in [2.24, 2.45) is 10.7 Å². The van der Waals surface area contributed by atoms with Gasteiger partial charge in [0.15, 0.2) is 5.96 Å². The van der Waals surface area contributed by atoms with Gasteiger partial charge in [-0.05, 0) is 36.4 Å². The van der Waals surface area contributed by atoms with Crippen LogP contribution in [-0.4, -0.2) is 18.9 Å². The number of guanidine groups is 1. The van der Waals surface area contributed by atoms with E-state index in [-0.39, 0.29) is 35.7 Å². The first-order valence-corrected chi connectivity index (χ1v) is 6.37. The summed E-state index contributed by atoms with van der Waals surface area (Å²) in [5.74, 6) is 0.660. The van der Waals surface area contributed by atoms with Gasteiger partial charge >= 0.3 is 6.36 Å². The third kappa shape index (κ3) is 7.26. The fourth-order valence-electron chi connectivity index (χ4n) is 1.67. The summed E-state index contributed by atoms with van der Waals surface area (Å²) in [6.45, 7) is 0.432. The molecule has 0 aliphatic rings. The minimum absolute atomic E-state index is 0. The predicted octanol–water partition coefficient (Wildman–Crippen LogP) is 3.77. The van der Waals surface area contributed by atoms with E-state index >= 15 is 0 Å². The van der Waals surface area contributed by atoms with Gasteiger partial charge in [-0.15, -0.1) is 37.1 Å². The largest absolute Gasteiger partial charge is 0.573 e. The molecule has 126 valence electrons. The zero-order valence-electron chi connectivity index (χ0n) is 11.8. The molecule has 0 aliphatic heterocycles. The summed E-state index contributed by atoms with van der Waals surface area (Å²) < 4.78 is 45.0. The van der Waals surface area contributed by atoms with E-state index in [0.29, 0.717) is 18.7 Å². The number of halogens is 4. The lowest BCUT2D eigenvalue weighted by molar-refractivity contribution is -0.274. The molecule has 0 radical (unpaired) electrons. The number of furan rings is 1. The van der Waals surface area contributed by atoms with Crippen LogP contribution in [0.2, 0.25) is 0 Å². The van der Waals surface area contributed by atoms with Gasteiger partial charge in [0.25, 0.3) is 0 Å². The average molecular weight is 441 g/mol. The van der Waals surface area contributed by atoms with Gasteiger partial charge in [0, 0.05) is 18.7 Å². The lowest BCUT2D eigenvalue weighted by atomic mass is 10.3. The maximum atomic E-state index is 12.0. The van der Waals surface area contributed by atoms with Gasteiger partial charge in [0.2, 0.25) is 0 Å². The maximum Gasteiger partial charge on any atom is 0.573 e. The van der Waals surface area contributed by atoms with E-state index in [2.05, 4.69) is 15.0 Å². The highest BCUT2D eigenvalue weighted by Gasteiger charge is 2.30. The van der Waals surface area contributed by atoms with Crippen molar-refractivity contribution in [3.8, 4) is 5.75 Å². The SMILES string of the molecule is I.NC(=NCCc1ccco1)Nc1ccc(OC(F)(F)F)cc1. The molecule has 0 spiro atoms. The third-order valence-corrected chi connectivity index (χ3v) is 2.58. The molecular weight excluding hydrogens is 426 g/mol. The van der Waals surface area contributed by atoms with Crippen LogP contribution in [0.5, 0.6) is 5.75 Å². The molecule has 3 N–H and O–H groups in total. The summed E-state index contributed by atoms with van der Waals surface area (Å²) in [5, 5.41) is 2.77. The van der Waals surface area contributed by atoms with E-state index in [1.54, 1.807) is 12.3 Å². The number of nitrogens with one attached hydrogen (secondary N) is 1. The van der Waals surface area contributed by atoms with Gasteiger partial charge < -0.3 is 20.2 Å². The Morgan fingerprint density at radius 1 is 1.22 bits per heavy atom. The van der Waals surface area contributed by atoms with Gasteiger partial charge in [0.1, 0.15) is 11.5 Å². The van der Waals surface area contributed by atoms with Crippen molar-refractivity contribution in [2.75, 3.05) is 11.9 Å². The van der Waals surface area contributed by atoms with Crippen molar-refractivity contribution in [1.82, 2.24) is 0 Å². The van der Waals surface area contributed by atoms with Crippen LogP contribution in [-0.2, 0) is 6.42 Å². The molecule has 2 aromatic rings. The van der Waals surface area contributed by atoms with Gasteiger partial charge in [-0.25, -0.2) is 0 Å². The standard InChI is InChI=1S/C14H14F3N3O2.HI/c15-14(16,17)22-12-5-3-10(4-6-12)20-13(18)19-8-7-11-2-1-9-21-11;/h1-6,9H,7-8H2,(H3,18,19,20);1H. The van der Waals surface area contributed by atoms with Crippen molar-refractivity contribution in [3.05, 3.63) is 48.4 Å². The van der Waals surface area contributed by atoms with Crippen LogP contribution in [0, 0.1) is 0 Å². The number of nitrogens with zero attached hydrogens (tertiary/aromatic N) is 1. The first-order valence-electron chi connectivity index (χ1n) is 6.37. The lowest BCUT2D eigenvalue weighted by Gasteiger charge is -2.10. The molecule has 2 rings (SSSR count). The van der Waals surface area contributed by atoms with Gasteiger partial charge in [0.05, 0.1) is 6.26 Å². The zero-order valence-corrected chi connectivity index (χ0v) is 14.2. The summed E-state index contributed by atoms with van der Waals surface area (Å²) >= 11 is 0. The minimum Gasteiger partial charge on any atom is -0.469 e. The fourth-order valence-corrected chi connectivity index (χ4v) is 1.67. The molecule has 0 amide bonds. The number of nitrogens with two attached hydrogens (primary N) is 1. The highest BCUT2D eigenvalue weighted by molar-refractivity contribution is 14.0. The summed E-state index contributed by atoms with van der Waals surface area (Å²) in [6, 6.07) is 8.81. The summed E-state index contributed by atoms with van der Waals surface area (Å²) in [5.41, 5.74) is 6.19. The highest BCUT2D eigenvalue weighted by Crippen LogP contribution is 2.23. The molecule has 0 bridgehead atoms. The number of benzene rings is 1. The van der Waals surface area contributed by atoms with Crippen LogP contribution in [0.25, 0.3) is 0 Å². The molecule has 5 nitrogen and oxygen atoms in total. The highest BCUT2D eigenvalue weighted by atomic mass is 127. The van der Waals surface area contributed by atoms with Crippen molar-refractivity contribution in [3.63, 3.8) is 0 Å². The van der Waals surface area contributed by atoms with Crippen LogP contribution in [0.15, 0.2) is 52.1 Å². The Kier molecular flexibility index (Phi) is 7.20. The van der Waals surface area contributed by atoms with Crippen LogP contribution in [0.3, 0.4) is 0 Å². The molecule has 0 saturated heterocycles. The van der Waals surface area contributed by atoms with Crippen molar-refractivity contribution in [2.45, 2.75) is 12.8 Å². The molecule has 1 aromatic carbocycles. The minimum atomic E-state index is -4.71. The number of hydrogen-bond acceptors (Lipinski definition) is 3. The van der Waals surface area contributed by atoms with Gasteiger partial charge in [-0.1, -0.05) is 0 Å². The molecule has 23 heavy (non-hydrogen) atoms. The normalized spacial score (nSPS) is 11.7. The van der Waals surface area contributed by atoms with Crippen LogP contribution in [0.1, 0.15) is 5.76 Å². The predicted molar refractivity (Wildman–Crippen MR) is 91.1 cm³/mol. The Morgan fingerprint density at radius 3 is 2.48 bits per heavy atom. The number of hydrogen-bond donors (Lipinski definition) is 2. The molecule has 1 heterocycles. The van der Waals surface area contributed by atoms with E-state index in [1.807, 2.05) is 6.07 Å². The van der Waals surface area contributed by atoms with Crippen molar-refractivity contribution >= 4 is 35.6 Å². The topological polar surface area (TPSA) is 72.8 Å². The van der Waals surface area contributed by atoms with Crippen LogP contribution >= 0.6 is 24.0 Å². The lowest BCUT2D eigenvalue weighted by Crippen LogP contribution is -2.23. The summed E-state index contributed by atoms with van der Waals surface area (Å²) in [6.07, 6.45) is -2.53. The van der Waals surface area contributed by atoms with Crippen molar-refractivity contribution in [1.29, 1.82) is 0 Å². The molecule has 1 aromatic heterocycles. The molecule has 9 heteroatoms. The fraction of sp³-hybridized carbons (Fsp3) is 0.214. The number of alkyl halides is 3. The second kappa shape index (κ2) is 8.65. The molecule has 0 atom stereocenters. The quantitative estimate of drug-likeness (QED) is 0.421. The second-order valence-corrected chi connectivity index (χ2v) is 4.29. The Morgan fingerprint density at radius 2 is 1.91 bits per heavy atom. The van der Waals surface area contributed by atoms with E-state index < -0.39 is 6.36 Å². The number of anilines is 1. The Balaban J connectivity index is 0.00000264. The molecule has 0 unspecified atom stereocenters. The first kappa shape index (κ1) is 19.1. The zero-order chi connectivity index (χ0) is 16.0. The summed E-state index contributed by atoms with van der Waals surface area (Å²) in [4.78, 5) is 4.09. The third-order valence-electron chi connectivity index (χ3n) is 2.58. The number of aliphatic imine (C=N–C) groups is 1. The molecule has 0 aliphatic carbocycles. The Labute approximate surface area is 147 Å². The average Bonchev–Trinajstić information content (AvgIpc) is 2.92. The monoisotopic (exact) mass is 441 g/mol. The molecule has 0 fully saturated rings. The second-order valence-electron chi connectivity index (χ2n) is 4.29. The van der Waals surface area contributed by atoms with E-state index in [4.69, 9.17) is 10.2 Å². The number of rotatable bonds is 5. The smallest absolute Gasteiger partial charge is 0.469 e. The van der Waals surface area contributed by atoms with E-state index in [0.717, 1.165) is 5.76 Å².